The topological polar surface area (TPSA) is 81.4 Å². The standard InChI is InChI=1S/C14H14N4O3/c19-18(20)13-9-12(11-1-3-15-4-2-11)10-16-14(13)17-5-7-21-8-6-17/h1-4,9-10H,5-8H2. The Morgan fingerprint density at radius 2 is 1.90 bits per heavy atom. The summed E-state index contributed by atoms with van der Waals surface area (Å²) >= 11 is 0. The Labute approximate surface area is 121 Å². The smallest absolute Gasteiger partial charge is 0.312 e. The van der Waals surface area contributed by atoms with Crippen LogP contribution in [-0.2, 0) is 4.74 Å². The zero-order chi connectivity index (χ0) is 14.7. The van der Waals surface area contributed by atoms with Crippen LogP contribution in [0.5, 0.6) is 0 Å². The Bertz CT molecular complexity index is 642. The van der Waals surface area contributed by atoms with E-state index in [-0.39, 0.29) is 10.6 Å². The molecule has 2 aromatic rings. The van der Waals surface area contributed by atoms with Crippen LogP contribution in [0.4, 0.5) is 11.5 Å². The first kappa shape index (κ1) is 13.4. The largest absolute Gasteiger partial charge is 0.378 e. The van der Waals surface area contributed by atoms with E-state index in [2.05, 4.69) is 9.97 Å². The zero-order valence-corrected chi connectivity index (χ0v) is 11.3. The van der Waals surface area contributed by atoms with E-state index in [1.165, 1.54) is 0 Å². The van der Waals surface area contributed by atoms with Crippen molar-refractivity contribution in [3.8, 4) is 11.1 Å². The molecule has 0 unspecified atom stereocenters. The van der Waals surface area contributed by atoms with E-state index < -0.39 is 0 Å². The Morgan fingerprint density at radius 3 is 2.57 bits per heavy atom. The molecule has 0 aliphatic carbocycles. The molecule has 0 aromatic carbocycles. The van der Waals surface area contributed by atoms with Gasteiger partial charge in [-0.1, -0.05) is 0 Å². The van der Waals surface area contributed by atoms with Gasteiger partial charge in [0.25, 0.3) is 0 Å². The van der Waals surface area contributed by atoms with Gasteiger partial charge < -0.3 is 9.64 Å². The highest BCUT2D eigenvalue weighted by atomic mass is 16.6. The highest BCUT2D eigenvalue weighted by Crippen LogP contribution is 2.30. The lowest BCUT2D eigenvalue weighted by Crippen LogP contribution is -2.37. The third-order valence-corrected chi connectivity index (χ3v) is 3.37. The molecule has 1 aliphatic rings. The van der Waals surface area contributed by atoms with Crippen molar-refractivity contribution in [1.29, 1.82) is 0 Å². The normalized spacial score (nSPS) is 15.0. The highest BCUT2D eigenvalue weighted by molar-refractivity contribution is 5.70. The molecule has 3 rings (SSSR count). The van der Waals surface area contributed by atoms with Crippen LogP contribution >= 0.6 is 0 Å². The summed E-state index contributed by atoms with van der Waals surface area (Å²) in [6, 6.07) is 5.16. The molecule has 1 aliphatic heterocycles. The maximum absolute atomic E-state index is 11.3. The second kappa shape index (κ2) is 5.84. The van der Waals surface area contributed by atoms with Crippen molar-refractivity contribution in [2.45, 2.75) is 0 Å². The minimum Gasteiger partial charge on any atom is -0.378 e. The molecule has 7 nitrogen and oxygen atoms in total. The van der Waals surface area contributed by atoms with Crippen LogP contribution < -0.4 is 4.90 Å². The maximum Gasteiger partial charge on any atom is 0.312 e. The Morgan fingerprint density at radius 1 is 1.19 bits per heavy atom. The molecule has 21 heavy (non-hydrogen) atoms. The lowest BCUT2D eigenvalue weighted by atomic mass is 10.1. The second-order valence-corrected chi connectivity index (χ2v) is 4.66. The number of morpholine rings is 1. The molecule has 108 valence electrons. The molecule has 2 aromatic heterocycles. The van der Waals surface area contributed by atoms with Crippen molar-refractivity contribution >= 4 is 11.5 Å². The summed E-state index contributed by atoms with van der Waals surface area (Å²) in [7, 11) is 0. The first-order valence-corrected chi connectivity index (χ1v) is 6.63. The highest BCUT2D eigenvalue weighted by Gasteiger charge is 2.23. The minimum atomic E-state index is -0.386. The van der Waals surface area contributed by atoms with E-state index in [0.29, 0.717) is 37.7 Å². The summed E-state index contributed by atoms with van der Waals surface area (Å²) < 4.78 is 5.27. The molecule has 0 amide bonds. The zero-order valence-electron chi connectivity index (χ0n) is 11.3. The summed E-state index contributed by atoms with van der Waals surface area (Å²) in [4.78, 5) is 21.1. The van der Waals surface area contributed by atoms with Crippen LogP contribution in [0, 0.1) is 10.1 Å². The Kier molecular flexibility index (Phi) is 3.74. The number of hydrogen-bond acceptors (Lipinski definition) is 6. The van der Waals surface area contributed by atoms with E-state index in [0.717, 1.165) is 5.56 Å². The van der Waals surface area contributed by atoms with Crippen molar-refractivity contribution in [1.82, 2.24) is 9.97 Å². The van der Waals surface area contributed by atoms with Crippen molar-refractivity contribution < 1.29 is 9.66 Å². The second-order valence-electron chi connectivity index (χ2n) is 4.66. The maximum atomic E-state index is 11.3. The number of ether oxygens (including phenoxy) is 1. The third-order valence-electron chi connectivity index (χ3n) is 3.37. The van der Waals surface area contributed by atoms with Crippen LogP contribution in [0.2, 0.25) is 0 Å². The monoisotopic (exact) mass is 286 g/mol. The van der Waals surface area contributed by atoms with Crippen LogP contribution in [-0.4, -0.2) is 41.2 Å². The average Bonchev–Trinajstić information content (AvgIpc) is 2.56. The van der Waals surface area contributed by atoms with Crippen LogP contribution in [0.1, 0.15) is 0 Å². The Hall–Kier alpha value is -2.54. The van der Waals surface area contributed by atoms with Crippen molar-refractivity contribution in [3.05, 3.63) is 46.9 Å². The fourth-order valence-corrected chi connectivity index (χ4v) is 2.30. The fourth-order valence-electron chi connectivity index (χ4n) is 2.30. The summed E-state index contributed by atoms with van der Waals surface area (Å²) in [5.74, 6) is 0.404. The minimum absolute atomic E-state index is 0.0196. The lowest BCUT2D eigenvalue weighted by Gasteiger charge is -2.27. The van der Waals surface area contributed by atoms with E-state index in [1.54, 1.807) is 36.8 Å². The third kappa shape index (κ3) is 2.82. The van der Waals surface area contributed by atoms with Gasteiger partial charge in [-0.25, -0.2) is 4.98 Å². The van der Waals surface area contributed by atoms with E-state index >= 15 is 0 Å². The summed E-state index contributed by atoms with van der Waals surface area (Å²) in [5.41, 5.74) is 1.58. The van der Waals surface area contributed by atoms with Crippen LogP contribution in [0.25, 0.3) is 11.1 Å². The van der Waals surface area contributed by atoms with Gasteiger partial charge in [-0.3, -0.25) is 15.1 Å². The molecular formula is C14H14N4O3. The van der Waals surface area contributed by atoms with Gasteiger partial charge >= 0.3 is 5.69 Å². The number of aromatic nitrogens is 2. The molecule has 7 heteroatoms. The quantitative estimate of drug-likeness (QED) is 0.633. The average molecular weight is 286 g/mol. The number of hydrogen-bond donors (Lipinski definition) is 0. The lowest BCUT2D eigenvalue weighted by molar-refractivity contribution is -0.384. The molecule has 0 saturated carbocycles. The van der Waals surface area contributed by atoms with E-state index in [4.69, 9.17) is 4.74 Å². The van der Waals surface area contributed by atoms with Crippen molar-refractivity contribution in [3.63, 3.8) is 0 Å². The van der Waals surface area contributed by atoms with Gasteiger partial charge in [0.05, 0.1) is 18.1 Å². The van der Waals surface area contributed by atoms with Gasteiger partial charge in [0.15, 0.2) is 0 Å². The molecule has 1 saturated heterocycles. The number of anilines is 1. The van der Waals surface area contributed by atoms with Gasteiger partial charge in [0, 0.05) is 43.3 Å². The van der Waals surface area contributed by atoms with E-state index in [1.807, 2.05) is 4.90 Å². The fraction of sp³-hybridized carbons (Fsp3) is 0.286. The number of nitrogens with zero attached hydrogens (tertiary/aromatic N) is 4. The predicted octanol–water partition coefficient (Wildman–Crippen LogP) is 1.89. The van der Waals surface area contributed by atoms with Gasteiger partial charge in [-0.2, -0.15) is 0 Å². The van der Waals surface area contributed by atoms with Crippen LogP contribution in [0.3, 0.4) is 0 Å². The van der Waals surface area contributed by atoms with Crippen molar-refractivity contribution in [2.75, 3.05) is 31.2 Å². The first-order valence-electron chi connectivity index (χ1n) is 6.63. The number of nitro groups is 1. The molecule has 0 atom stereocenters. The first-order chi connectivity index (χ1) is 10.3. The van der Waals surface area contributed by atoms with Gasteiger partial charge in [0.1, 0.15) is 0 Å². The molecule has 0 spiro atoms. The number of pyridine rings is 2. The molecule has 0 bridgehead atoms. The molecule has 1 fully saturated rings. The van der Waals surface area contributed by atoms with Crippen LogP contribution in [0.15, 0.2) is 36.8 Å². The van der Waals surface area contributed by atoms with Gasteiger partial charge in [0.2, 0.25) is 5.82 Å². The predicted molar refractivity (Wildman–Crippen MR) is 77.2 cm³/mol. The van der Waals surface area contributed by atoms with Crippen molar-refractivity contribution in [2.24, 2.45) is 0 Å². The SMILES string of the molecule is O=[N+]([O-])c1cc(-c2ccncc2)cnc1N1CCOCC1. The summed E-state index contributed by atoms with van der Waals surface area (Å²) in [5, 5.41) is 11.3. The van der Waals surface area contributed by atoms with Gasteiger partial charge in [-0.05, 0) is 17.7 Å². The Balaban J connectivity index is 2.00. The molecule has 0 N–H and O–H groups in total. The summed E-state index contributed by atoms with van der Waals surface area (Å²) in [6.45, 7) is 2.35. The molecule has 0 radical (unpaired) electrons. The molecular weight excluding hydrogens is 272 g/mol. The van der Waals surface area contributed by atoms with Gasteiger partial charge in [-0.15, -0.1) is 0 Å². The number of rotatable bonds is 3. The van der Waals surface area contributed by atoms with E-state index in [9.17, 15) is 10.1 Å². The summed E-state index contributed by atoms with van der Waals surface area (Å²) in [6.07, 6.45) is 4.96. The molecule has 3 heterocycles.